The van der Waals surface area contributed by atoms with Crippen LogP contribution >= 0.6 is 11.6 Å². The van der Waals surface area contributed by atoms with E-state index in [0.717, 1.165) is 0 Å². The van der Waals surface area contributed by atoms with E-state index in [1.165, 1.54) is 0 Å². The molecule has 0 amide bonds. The molecule has 0 saturated carbocycles. The van der Waals surface area contributed by atoms with E-state index in [9.17, 15) is 18.0 Å². The highest BCUT2D eigenvalue weighted by atomic mass is 35.5. The van der Waals surface area contributed by atoms with Crippen LogP contribution in [0.4, 0.5) is 13.2 Å². The summed E-state index contributed by atoms with van der Waals surface area (Å²) in [6, 6.07) is 6.90. The van der Waals surface area contributed by atoms with Crippen LogP contribution < -0.4 is 0 Å². The summed E-state index contributed by atoms with van der Waals surface area (Å²) in [6.45, 7) is -0.204. The van der Waals surface area contributed by atoms with Crippen molar-refractivity contribution in [2.24, 2.45) is 0 Å². The van der Waals surface area contributed by atoms with Crippen LogP contribution in [0.25, 0.3) is 0 Å². The molecular weight excluding hydrogens is 295 g/mol. The smallest absolute Gasteiger partial charge is 0.341 e. The zero-order valence-electron chi connectivity index (χ0n) is 9.87. The fourth-order valence-corrected chi connectivity index (χ4v) is 1.68. The van der Waals surface area contributed by atoms with Crippen molar-refractivity contribution in [3.8, 4) is 0 Å². The molecule has 7 heteroatoms. The number of ether oxygens (including phenoxy) is 1. The van der Waals surface area contributed by atoms with Gasteiger partial charge in [0.1, 0.15) is 12.2 Å². The summed E-state index contributed by atoms with van der Waals surface area (Å²) in [5, 5.41) is 0.436. The van der Waals surface area contributed by atoms with Gasteiger partial charge in [-0.3, -0.25) is 0 Å². The molecule has 1 heterocycles. The number of aromatic nitrogens is 1. The molecule has 0 aliphatic carbocycles. The van der Waals surface area contributed by atoms with Crippen molar-refractivity contribution in [2.75, 3.05) is 0 Å². The molecule has 1 aromatic carbocycles. The maximum absolute atomic E-state index is 13.3. The van der Waals surface area contributed by atoms with E-state index in [1.54, 1.807) is 24.3 Å². The van der Waals surface area contributed by atoms with E-state index >= 15 is 0 Å². The fraction of sp³-hybridized carbons (Fsp3) is 0.0769. The maximum atomic E-state index is 13.3. The SMILES string of the molecule is O=C(OCc1cccc(Cl)c1)c1cc(F)nc(F)c1F. The molecule has 1 aromatic heterocycles. The van der Waals surface area contributed by atoms with Gasteiger partial charge in [0.2, 0.25) is 5.95 Å². The average molecular weight is 302 g/mol. The molecule has 0 radical (unpaired) electrons. The lowest BCUT2D eigenvalue weighted by molar-refractivity contribution is 0.0464. The molecule has 0 saturated heterocycles. The van der Waals surface area contributed by atoms with Gasteiger partial charge in [-0.15, -0.1) is 0 Å². The second-order valence-corrected chi connectivity index (χ2v) is 4.24. The fourth-order valence-electron chi connectivity index (χ4n) is 1.47. The Morgan fingerprint density at radius 3 is 2.70 bits per heavy atom. The zero-order chi connectivity index (χ0) is 14.7. The number of nitrogens with zero attached hydrogens (tertiary/aromatic N) is 1. The van der Waals surface area contributed by atoms with Crippen molar-refractivity contribution >= 4 is 17.6 Å². The minimum atomic E-state index is -1.69. The number of hydrogen-bond acceptors (Lipinski definition) is 3. The van der Waals surface area contributed by atoms with Gasteiger partial charge in [-0.05, 0) is 17.7 Å². The van der Waals surface area contributed by atoms with Gasteiger partial charge in [0.05, 0.1) is 0 Å². The van der Waals surface area contributed by atoms with Crippen molar-refractivity contribution in [2.45, 2.75) is 6.61 Å². The number of halogens is 4. The van der Waals surface area contributed by atoms with Gasteiger partial charge >= 0.3 is 5.97 Å². The summed E-state index contributed by atoms with van der Waals surface area (Å²) in [5.41, 5.74) is -0.293. The van der Waals surface area contributed by atoms with Crippen molar-refractivity contribution in [1.29, 1.82) is 0 Å². The molecule has 0 unspecified atom stereocenters. The summed E-state index contributed by atoms with van der Waals surface area (Å²) in [5.74, 6) is -5.75. The van der Waals surface area contributed by atoms with Crippen LogP contribution in [0.15, 0.2) is 30.3 Å². The quantitative estimate of drug-likeness (QED) is 0.643. The van der Waals surface area contributed by atoms with Gasteiger partial charge in [0, 0.05) is 11.1 Å². The summed E-state index contributed by atoms with van der Waals surface area (Å²) in [4.78, 5) is 14.2. The van der Waals surface area contributed by atoms with Gasteiger partial charge < -0.3 is 4.74 Å². The highest BCUT2D eigenvalue weighted by Gasteiger charge is 2.20. The summed E-state index contributed by atoms with van der Waals surface area (Å²) < 4.78 is 43.8. The molecule has 104 valence electrons. The van der Waals surface area contributed by atoms with Crippen LogP contribution in [0.2, 0.25) is 5.02 Å². The summed E-state index contributed by atoms with van der Waals surface area (Å²) >= 11 is 5.74. The summed E-state index contributed by atoms with van der Waals surface area (Å²) in [6.07, 6.45) is 0. The standard InChI is InChI=1S/C13H7ClF3NO2/c14-8-3-1-2-7(4-8)6-20-13(19)9-5-10(15)18-12(17)11(9)16/h1-5H,6H2. The van der Waals surface area contributed by atoms with Crippen LogP contribution in [0, 0.1) is 17.7 Å². The first kappa shape index (κ1) is 14.3. The van der Waals surface area contributed by atoms with Gasteiger partial charge in [0.25, 0.3) is 5.95 Å². The van der Waals surface area contributed by atoms with Gasteiger partial charge in [-0.1, -0.05) is 23.7 Å². The first-order valence-corrected chi connectivity index (χ1v) is 5.78. The number of carbonyl (C=O) groups excluding carboxylic acids is 1. The minimum absolute atomic E-state index is 0.204. The highest BCUT2D eigenvalue weighted by Crippen LogP contribution is 2.15. The Bertz CT molecular complexity index is 664. The number of rotatable bonds is 3. The van der Waals surface area contributed by atoms with Crippen LogP contribution in [0.5, 0.6) is 0 Å². The molecule has 3 nitrogen and oxygen atoms in total. The zero-order valence-corrected chi connectivity index (χ0v) is 10.6. The Morgan fingerprint density at radius 2 is 2.00 bits per heavy atom. The Balaban J connectivity index is 2.13. The molecule has 0 spiro atoms. The molecule has 0 aliphatic rings. The molecule has 20 heavy (non-hydrogen) atoms. The third-order valence-electron chi connectivity index (χ3n) is 2.36. The van der Waals surface area contributed by atoms with Crippen LogP contribution in [-0.4, -0.2) is 11.0 Å². The predicted molar refractivity (Wildman–Crippen MR) is 64.7 cm³/mol. The van der Waals surface area contributed by atoms with Crippen LogP contribution in [0.3, 0.4) is 0 Å². The first-order valence-electron chi connectivity index (χ1n) is 5.40. The van der Waals surface area contributed by atoms with Crippen molar-refractivity contribution in [1.82, 2.24) is 4.98 Å². The molecule has 0 aliphatic heterocycles. The van der Waals surface area contributed by atoms with E-state index < -0.39 is 29.2 Å². The van der Waals surface area contributed by atoms with E-state index in [4.69, 9.17) is 16.3 Å². The van der Waals surface area contributed by atoms with Gasteiger partial charge in [-0.25, -0.2) is 9.18 Å². The molecule has 2 aromatic rings. The van der Waals surface area contributed by atoms with Gasteiger partial charge in [-0.2, -0.15) is 13.8 Å². The largest absolute Gasteiger partial charge is 0.457 e. The first-order chi connectivity index (χ1) is 9.47. The average Bonchev–Trinajstić information content (AvgIpc) is 2.40. The van der Waals surface area contributed by atoms with E-state index in [0.29, 0.717) is 16.7 Å². The molecule has 0 atom stereocenters. The minimum Gasteiger partial charge on any atom is -0.457 e. The second kappa shape index (κ2) is 5.92. The number of benzene rings is 1. The van der Waals surface area contributed by atoms with Crippen LogP contribution in [-0.2, 0) is 11.3 Å². The monoisotopic (exact) mass is 301 g/mol. The van der Waals surface area contributed by atoms with E-state index in [1.807, 2.05) is 0 Å². The van der Waals surface area contributed by atoms with E-state index in [-0.39, 0.29) is 6.61 Å². The Kier molecular flexibility index (Phi) is 4.24. The normalized spacial score (nSPS) is 10.4. The lowest BCUT2D eigenvalue weighted by Gasteiger charge is -2.06. The third kappa shape index (κ3) is 3.27. The summed E-state index contributed by atoms with van der Waals surface area (Å²) in [7, 11) is 0. The van der Waals surface area contributed by atoms with Gasteiger partial charge in [0.15, 0.2) is 5.82 Å². The third-order valence-corrected chi connectivity index (χ3v) is 2.60. The predicted octanol–water partition coefficient (Wildman–Crippen LogP) is 3.51. The highest BCUT2D eigenvalue weighted by molar-refractivity contribution is 6.30. The lowest BCUT2D eigenvalue weighted by atomic mass is 10.2. The molecular formula is C13H7ClF3NO2. The number of carbonyl (C=O) groups is 1. The van der Waals surface area contributed by atoms with Crippen molar-refractivity contribution < 1.29 is 22.7 Å². The van der Waals surface area contributed by atoms with Crippen molar-refractivity contribution in [3.63, 3.8) is 0 Å². The topological polar surface area (TPSA) is 39.2 Å². The number of esters is 1. The number of pyridine rings is 1. The molecule has 2 rings (SSSR count). The molecule has 0 fully saturated rings. The van der Waals surface area contributed by atoms with E-state index in [2.05, 4.69) is 4.98 Å². The Hall–Kier alpha value is -2.08. The van der Waals surface area contributed by atoms with Crippen LogP contribution in [0.1, 0.15) is 15.9 Å². The Labute approximate surface area is 117 Å². The lowest BCUT2D eigenvalue weighted by Crippen LogP contribution is -2.11. The number of hydrogen-bond donors (Lipinski definition) is 0. The Morgan fingerprint density at radius 1 is 1.25 bits per heavy atom. The maximum Gasteiger partial charge on any atom is 0.341 e. The molecule has 0 N–H and O–H groups in total. The second-order valence-electron chi connectivity index (χ2n) is 3.80. The van der Waals surface area contributed by atoms with Crippen molar-refractivity contribution in [3.05, 3.63) is 64.2 Å². The molecule has 0 bridgehead atoms.